The van der Waals surface area contributed by atoms with Crippen molar-refractivity contribution in [1.82, 2.24) is 15.2 Å². The topological polar surface area (TPSA) is 88.3 Å². The Bertz CT molecular complexity index is 1260. The van der Waals surface area contributed by atoms with E-state index in [1.807, 2.05) is 24.3 Å². The molecule has 1 amide bonds. The third-order valence-electron chi connectivity index (χ3n) is 7.13. The number of aryl methyl sites for hydroxylation is 1. The van der Waals surface area contributed by atoms with E-state index in [0.29, 0.717) is 29.9 Å². The number of ketones is 1. The number of nitrogens with one attached hydrogen (secondary N) is 1. The van der Waals surface area contributed by atoms with E-state index in [2.05, 4.69) is 29.0 Å². The minimum absolute atomic E-state index is 0.0901. The molecule has 4 rings (SSSR count). The quantitative estimate of drug-likeness (QED) is 0.466. The molecule has 0 saturated carbocycles. The Morgan fingerprint density at radius 1 is 1.06 bits per heavy atom. The molecule has 0 unspecified atom stereocenters. The molecule has 2 heterocycles. The van der Waals surface area contributed by atoms with Gasteiger partial charge in [-0.25, -0.2) is 13.8 Å². The third-order valence-corrected chi connectivity index (χ3v) is 7.13. The number of fused-ring (bicyclic) bond motifs is 1. The number of likely N-dealkylation sites (tertiary alicyclic amines) is 1. The number of hydrogen-bond acceptors (Lipinski definition) is 5. The third kappa shape index (κ3) is 6.05. The van der Waals surface area contributed by atoms with Gasteiger partial charge in [0.15, 0.2) is 17.4 Å². The number of halogens is 2. The van der Waals surface area contributed by atoms with Crippen molar-refractivity contribution in [3.63, 3.8) is 0 Å². The molecular formula is C28H32F2N4O2. The lowest BCUT2D eigenvalue weighted by Gasteiger charge is -2.26. The molecular weight excluding hydrogens is 462 g/mol. The number of nitrogen functional groups attached to an aromatic ring is 1. The van der Waals surface area contributed by atoms with Gasteiger partial charge < -0.3 is 11.1 Å². The highest BCUT2D eigenvalue weighted by Gasteiger charge is 2.30. The highest BCUT2D eigenvalue weighted by Crippen LogP contribution is 2.23. The second-order valence-electron chi connectivity index (χ2n) is 9.74. The van der Waals surface area contributed by atoms with Gasteiger partial charge in [0, 0.05) is 30.1 Å². The van der Waals surface area contributed by atoms with Crippen molar-refractivity contribution in [3.8, 4) is 0 Å². The first kappa shape index (κ1) is 25.7. The van der Waals surface area contributed by atoms with Crippen LogP contribution in [0.15, 0.2) is 48.7 Å². The maximum Gasteiger partial charge on any atom is 0.234 e. The van der Waals surface area contributed by atoms with Crippen molar-refractivity contribution < 1.29 is 18.4 Å². The van der Waals surface area contributed by atoms with Gasteiger partial charge in [0.25, 0.3) is 0 Å². The Kier molecular flexibility index (Phi) is 7.94. The Hall–Kier alpha value is -3.39. The van der Waals surface area contributed by atoms with Crippen LogP contribution in [-0.4, -0.2) is 46.2 Å². The van der Waals surface area contributed by atoms with E-state index in [0.717, 1.165) is 41.3 Å². The average Bonchev–Trinajstić information content (AvgIpc) is 3.16. The Labute approximate surface area is 209 Å². The fourth-order valence-corrected chi connectivity index (χ4v) is 4.96. The van der Waals surface area contributed by atoms with E-state index in [-0.39, 0.29) is 31.1 Å². The van der Waals surface area contributed by atoms with E-state index >= 15 is 0 Å². The van der Waals surface area contributed by atoms with Crippen LogP contribution in [0.4, 0.5) is 14.6 Å². The molecule has 1 fully saturated rings. The van der Waals surface area contributed by atoms with E-state index in [1.165, 1.54) is 6.07 Å². The summed E-state index contributed by atoms with van der Waals surface area (Å²) in [6.07, 6.45) is 4.45. The molecule has 1 aliphatic heterocycles. The normalized spacial score (nSPS) is 18.9. The molecule has 3 atom stereocenters. The van der Waals surface area contributed by atoms with Crippen molar-refractivity contribution in [1.29, 1.82) is 0 Å². The maximum atomic E-state index is 13.8. The number of nitrogens with zero attached hydrogens (tertiary/aromatic N) is 2. The fraction of sp³-hybridized carbons (Fsp3) is 0.393. The summed E-state index contributed by atoms with van der Waals surface area (Å²) in [5, 5.41) is 4.66. The number of anilines is 1. The zero-order valence-corrected chi connectivity index (χ0v) is 20.6. The van der Waals surface area contributed by atoms with Gasteiger partial charge >= 0.3 is 0 Å². The van der Waals surface area contributed by atoms with Crippen molar-refractivity contribution in [2.24, 2.45) is 0 Å². The summed E-state index contributed by atoms with van der Waals surface area (Å²) >= 11 is 0. The number of aromatic nitrogens is 1. The molecule has 2 aromatic carbocycles. The van der Waals surface area contributed by atoms with Gasteiger partial charge in [-0.05, 0) is 74.2 Å². The average molecular weight is 495 g/mol. The summed E-state index contributed by atoms with van der Waals surface area (Å²) in [7, 11) is 0. The molecule has 1 aliphatic rings. The lowest BCUT2D eigenvalue weighted by Crippen LogP contribution is -2.48. The van der Waals surface area contributed by atoms with Gasteiger partial charge in [-0.2, -0.15) is 0 Å². The van der Waals surface area contributed by atoms with Gasteiger partial charge in [0.2, 0.25) is 5.91 Å². The molecule has 0 radical (unpaired) electrons. The van der Waals surface area contributed by atoms with Crippen LogP contribution < -0.4 is 11.1 Å². The summed E-state index contributed by atoms with van der Waals surface area (Å²) in [5.41, 5.74) is 7.33. The predicted molar refractivity (Wildman–Crippen MR) is 136 cm³/mol. The van der Waals surface area contributed by atoms with Gasteiger partial charge in [0.05, 0.1) is 12.6 Å². The number of benzene rings is 2. The second-order valence-corrected chi connectivity index (χ2v) is 9.74. The second kappa shape index (κ2) is 11.1. The summed E-state index contributed by atoms with van der Waals surface area (Å²) in [5.74, 6) is -1.88. The number of rotatable bonds is 9. The van der Waals surface area contributed by atoms with Crippen LogP contribution in [0.5, 0.6) is 0 Å². The maximum absolute atomic E-state index is 13.8. The van der Waals surface area contributed by atoms with Crippen LogP contribution in [0, 0.1) is 11.6 Å². The Morgan fingerprint density at radius 2 is 1.78 bits per heavy atom. The molecule has 0 bridgehead atoms. The molecule has 1 aromatic heterocycles. The Morgan fingerprint density at radius 3 is 2.50 bits per heavy atom. The first-order chi connectivity index (χ1) is 17.2. The largest absolute Gasteiger partial charge is 0.383 e. The highest BCUT2D eigenvalue weighted by atomic mass is 19.2. The molecule has 6 nitrogen and oxygen atoms in total. The van der Waals surface area contributed by atoms with Crippen LogP contribution in [0.1, 0.15) is 44.2 Å². The number of carbonyl (C=O) groups is 2. The van der Waals surface area contributed by atoms with Gasteiger partial charge in [-0.3, -0.25) is 14.5 Å². The summed E-state index contributed by atoms with van der Waals surface area (Å²) in [6, 6.07) is 10.9. The SMILES string of the molecule is C[C@@H]1CC[C@H](C)N1CC(=O)N[C@@H](Cc1ccc(F)c(F)c1)C(=O)CCc1ccc2c(N)nccc2c1. The fourth-order valence-electron chi connectivity index (χ4n) is 4.96. The molecule has 36 heavy (non-hydrogen) atoms. The van der Waals surface area contributed by atoms with Crippen molar-refractivity contribution in [2.45, 2.75) is 64.1 Å². The lowest BCUT2D eigenvalue weighted by molar-refractivity contribution is -0.128. The number of Topliss-reactive ketones (excluding diaryl/α,β-unsaturated/α-hetero) is 1. The summed E-state index contributed by atoms with van der Waals surface area (Å²) in [4.78, 5) is 32.4. The molecule has 0 spiro atoms. The van der Waals surface area contributed by atoms with Gasteiger partial charge in [0.1, 0.15) is 5.82 Å². The smallest absolute Gasteiger partial charge is 0.234 e. The number of pyridine rings is 1. The van der Waals surface area contributed by atoms with E-state index in [9.17, 15) is 18.4 Å². The van der Waals surface area contributed by atoms with Crippen LogP contribution in [0.25, 0.3) is 10.8 Å². The van der Waals surface area contributed by atoms with Crippen molar-refractivity contribution >= 4 is 28.3 Å². The standard InChI is InChI=1S/C28H32F2N4O2/c1-17-3-4-18(2)34(17)16-27(36)33-25(15-20-6-9-23(29)24(30)14-20)26(35)10-7-19-5-8-22-21(13-19)11-12-32-28(22)31/h5-6,8-9,11-14,17-18,25H,3-4,7,10,15-16H2,1-2H3,(H2,31,32)(H,33,36)/t17-,18+,25-/m0/s1. The first-order valence-corrected chi connectivity index (χ1v) is 12.4. The Balaban J connectivity index is 1.46. The van der Waals surface area contributed by atoms with Crippen LogP contribution in [-0.2, 0) is 22.4 Å². The van der Waals surface area contributed by atoms with Crippen molar-refractivity contribution in [2.75, 3.05) is 12.3 Å². The van der Waals surface area contributed by atoms with Crippen LogP contribution in [0.3, 0.4) is 0 Å². The number of nitrogens with two attached hydrogens (primary N) is 1. The highest BCUT2D eigenvalue weighted by molar-refractivity contribution is 5.92. The van der Waals surface area contributed by atoms with Crippen LogP contribution in [0.2, 0.25) is 0 Å². The number of amides is 1. The van der Waals surface area contributed by atoms with E-state index < -0.39 is 17.7 Å². The monoisotopic (exact) mass is 494 g/mol. The molecule has 8 heteroatoms. The van der Waals surface area contributed by atoms with Crippen LogP contribution >= 0.6 is 0 Å². The van der Waals surface area contributed by atoms with Gasteiger partial charge in [-0.1, -0.05) is 24.3 Å². The molecule has 0 aliphatic carbocycles. The van der Waals surface area contributed by atoms with E-state index in [1.54, 1.807) is 6.20 Å². The van der Waals surface area contributed by atoms with E-state index in [4.69, 9.17) is 5.73 Å². The lowest BCUT2D eigenvalue weighted by atomic mass is 9.96. The molecule has 3 N–H and O–H groups in total. The number of carbonyl (C=O) groups excluding carboxylic acids is 2. The minimum atomic E-state index is -0.977. The minimum Gasteiger partial charge on any atom is -0.383 e. The first-order valence-electron chi connectivity index (χ1n) is 12.4. The van der Waals surface area contributed by atoms with Gasteiger partial charge in [-0.15, -0.1) is 0 Å². The molecule has 3 aromatic rings. The van der Waals surface area contributed by atoms with Crippen molar-refractivity contribution in [3.05, 3.63) is 71.4 Å². The zero-order valence-electron chi connectivity index (χ0n) is 20.6. The molecule has 190 valence electrons. The molecule has 1 saturated heterocycles. The summed E-state index contributed by atoms with van der Waals surface area (Å²) < 4.78 is 27.2. The summed E-state index contributed by atoms with van der Waals surface area (Å²) in [6.45, 7) is 4.38. The predicted octanol–water partition coefficient (Wildman–Crippen LogP) is 4.20. The zero-order chi connectivity index (χ0) is 25.8. The number of hydrogen-bond donors (Lipinski definition) is 2.